The van der Waals surface area contributed by atoms with Crippen molar-refractivity contribution in [2.75, 3.05) is 13.2 Å². The number of hydrogen-bond donors (Lipinski definition) is 1. The fourth-order valence-electron chi connectivity index (χ4n) is 1.74. The van der Waals surface area contributed by atoms with Gasteiger partial charge in [0, 0.05) is 24.0 Å². The number of rotatable bonds is 8. The molecule has 0 amide bonds. The first kappa shape index (κ1) is 14.9. The molecule has 2 aromatic rings. The van der Waals surface area contributed by atoms with Gasteiger partial charge in [0.05, 0.1) is 11.6 Å². The summed E-state index contributed by atoms with van der Waals surface area (Å²) < 4.78 is 18.8. The smallest absolute Gasteiger partial charge is 0.165 e. The van der Waals surface area contributed by atoms with Gasteiger partial charge in [-0.25, -0.2) is 9.37 Å². The lowest BCUT2D eigenvalue weighted by Gasteiger charge is -2.05. The number of thiazole rings is 1. The van der Waals surface area contributed by atoms with E-state index in [9.17, 15) is 4.39 Å². The monoisotopic (exact) mass is 294 g/mol. The molecule has 0 aliphatic heterocycles. The Morgan fingerprint density at radius 3 is 3.00 bits per heavy atom. The second-order valence-electron chi connectivity index (χ2n) is 4.43. The minimum atomic E-state index is -0.323. The van der Waals surface area contributed by atoms with E-state index in [1.165, 1.54) is 10.9 Å². The molecule has 108 valence electrons. The molecule has 1 aromatic heterocycles. The van der Waals surface area contributed by atoms with Crippen molar-refractivity contribution in [2.24, 2.45) is 0 Å². The maximum absolute atomic E-state index is 13.3. The van der Waals surface area contributed by atoms with Crippen molar-refractivity contribution < 1.29 is 9.13 Å². The molecule has 0 saturated carbocycles. The van der Waals surface area contributed by atoms with E-state index < -0.39 is 0 Å². The molecular formula is C15H19FN2OS. The van der Waals surface area contributed by atoms with Crippen LogP contribution in [0.2, 0.25) is 0 Å². The van der Waals surface area contributed by atoms with Crippen molar-refractivity contribution >= 4 is 11.3 Å². The predicted molar refractivity (Wildman–Crippen MR) is 79.7 cm³/mol. The highest BCUT2D eigenvalue weighted by molar-refractivity contribution is 7.11. The largest absolute Gasteiger partial charge is 0.490 e. The van der Waals surface area contributed by atoms with Crippen LogP contribution in [-0.2, 0) is 13.0 Å². The Bertz CT molecular complexity index is 530. The van der Waals surface area contributed by atoms with Crippen LogP contribution in [0.4, 0.5) is 4.39 Å². The minimum Gasteiger partial charge on any atom is -0.490 e. The number of para-hydroxylation sites is 1. The van der Waals surface area contributed by atoms with E-state index in [0.717, 1.165) is 24.5 Å². The number of benzene rings is 1. The summed E-state index contributed by atoms with van der Waals surface area (Å²) >= 11 is 1.68. The molecule has 0 aliphatic carbocycles. The molecule has 3 nitrogen and oxygen atoms in total. The van der Waals surface area contributed by atoms with Gasteiger partial charge in [-0.15, -0.1) is 11.3 Å². The first-order valence-electron chi connectivity index (χ1n) is 6.81. The molecule has 1 N–H and O–H groups in total. The third kappa shape index (κ3) is 4.58. The summed E-state index contributed by atoms with van der Waals surface area (Å²) in [5.74, 6) is -0.0232. The van der Waals surface area contributed by atoms with Crippen LogP contribution in [0.5, 0.6) is 5.75 Å². The summed E-state index contributed by atoms with van der Waals surface area (Å²) in [6.07, 6.45) is 3.72. The molecule has 0 spiro atoms. The van der Waals surface area contributed by atoms with Crippen LogP contribution in [-0.4, -0.2) is 18.1 Å². The quantitative estimate of drug-likeness (QED) is 0.758. The van der Waals surface area contributed by atoms with Gasteiger partial charge < -0.3 is 10.1 Å². The molecule has 0 fully saturated rings. The first-order valence-corrected chi connectivity index (χ1v) is 7.63. The van der Waals surface area contributed by atoms with Crippen molar-refractivity contribution in [1.82, 2.24) is 10.3 Å². The highest BCUT2D eigenvalue weighted by Crippen LogP contribution is 2.17. The van der Waals surface area contributed by atoms with Gasteiger partial charge in [-0.2, -0.15) is 0 Å². The van der Waals surface area contributed by atoms with E-state index in [4.69, 9.17) is 4.74 Å². The molecule has 1 heterocycles. The van der Waals surface area contributed by atoms with E-state index in [1.807, 2.05) is 6.20 Å². The molecule has 0 bridgehead atoms. The Hall–Kier alpha value is -1.46. The second-order valence-corrected chi connectivity index (χ2v) is 5.63. The van der Waals surface area contributed by atoms with E-state index in [1.54, 1.807) is 29.5 Å². The molecule has 20 heavy (non-hydrogen) atoms. The molecule has 0 saturated heterocycles. The van der Waals surface area contributed by atoms with Gasteiger partial charge in [-0.05, 0) is 25.1 Å². The number of hydrogen-bond acceptors (Lipinski definition) is 4. The van der Waals surface area contributed by atoms with Gasteiger partial charge in [0.1, 0.15) is 0 Å². The number of ether oxygens (including phenoxy) is 1. The Labute approximate surface area is 122 Å². The van der Waals surface area contributed by atoms with Gasteiger partial charge in [-0.1, -0.05) is 19.1 Å². The maximum atomic E-state index is 13.3. The van der Waals surface area contributed by atoms with Gasteiger partial charge in [0.25, 0.3) is 0 Å². The Morgan fingerprint density at radius 2 is 2.20 bits per heavy atom. The van der Waals surface area contributed by atoms with Crippen LogP contribution in [0.1, 0.15) is 23.2 Å². The van der Waals surface area contributed by atoms with Crippen LogP contribution < -0.4 is 10.1 Å². The Kier molecular flexibility index (Phi) is 5.95. The SMILES string of the molecule is CCCNCc1cnc(CCOc2ccccc2F)s1. The average molecular weight is 294 g/mol. The summed E-state index contributed by atoms with van der Waals surface area (Å²) in [6.45, 7) is 4.46. The van der Waals surface area contributed by atoms with E-state index in [-0.39, 0.29) is 5.82 Å². The summed E-state index contributed by atoms with van der Waals surface area (Å²) in [5.41, 5.74) is 0. The van der Waals surface area contributed by atoms with Crippen molar-refractivity contribution in [3.8, 4) is 5.75 Å². The average Bonchev–Trinajstić information content (AvgIpc) is 2.89. The molecule has 5 heteroatoms. The third-order valence-electron chi connectivity index (χ3n) is 2.74. The van der Waals surface area contributed by atoms with Crippen molar-refractivity contribution in [3.05, 3.63) is 46.2 Å². The number of aromatic nitrogens is 1. The number of nitrogens with one attached hydrogen (secondary N) is 1. The van der Waals surface area contributed by atoms with Gasteiger partial charge in [0.2, 0.25) is 0 Å². The minimum absolute atomic E-state index is 0.300. The summed E-state index contributed by atoms with van der Waals surface area (Å²) in [6, 6.07) is 6.45. The summed E-state index contributed by atoms with van der Waals surface area (Å²) in [4.78, 5) is 5.57. The van der Waals surface area contributed by atoms with E-state index in [2.05, 4.69) is 17.2 Å². The van der Waals surface area contributed by atoms with Crippen LogP contribution in [0.3, 0.4) is 0 Å². The normalized spacial score (nSPS) is 10.7. The highest BCUT2D eigenvalue weighted by Gasteiger charge is 2.04. The molecule has 1 aromatic carbocycles. The van der Waals surface area contributed by atoms with E-state index >= 15 is 0 Å². The number of halogens is 1. The lowest BCUT2D eigenvalue weighted by molar-refractivity contribution is 0.305. The van der Waals surface area contributed by atoms with E-state index in [0.29, 0.717) is 18.8 Å². The van der Waals surface area contributed by atoms with Crippen LogP contribution in [0.25, 0.3) is 0 Å². The summed E-state index contributed by atoms with van der Waals surface area (Å²) in [7, 11) is 0. The zero-order valence-electron chi connectivity index (χ0n) is 11.6. The van der Waals surface area contributed by atoms with Crippen molar-refractivity contribution in [2.45, 2.75) is 26.3 Å². The predicted octanol–water partition coefficient (Wildman–Crippen LogP) is 3.40. The second kappa shape index (κ2) is 7.97. The Morgan fingerprint density at radius 1 is 1.35 bits per heavy atom. The lowest BCUT2D eigenvalue weighted by Crippen LogP contribution is -2.12. The zero-order valence-corrected chi connectivity index (χ0v) is 12.4. The van der Waals surface area contributed by atoms with Gasteiger partial charge >= 0.3 is 0 Å². The van der Waals surface area contributed by atoms with Crippen LogP contribution >= 0.6 is 11.3 Å². The Balaban J connectivity index is 1.75. The third-order valence-corrected chi connectivity index (χ3v) is 3.79. The summed E-state index contributed by atoms with van der Waals surface area (Å²) in [5, 5.41) is 4.37. The van der Waals surface area contributed by atoms with Crippen LogP contribution in [0.15, 0.2) is 30.5 Å². The molecule has 0 atom stereocenters. The standard InChI is InChI=1S/C15H19FN2OS/c1-2-8-17-10-12-11-18-15(20-12)7-9-19-14-6-4-3-5-13(14)16/h3-6,11,17H,2,7-10H2,1H3. The first-order chi connectivity index (χ1) is 9.79. The molecule has 0 radical (unpaired) electrons. The fraction of sp³-hybridized carbons (Fsp3) is 0.400. The highest BCUT2D eigenvalue weighted by atomic mass is 32.1. The fourth-order valence-corrected chi connectivity index (χ4v) is 2.62. The molecular weight excluding hydrogens is 275 g/mol. The molecule has 2 rings (SSSR count). The van der Waals surface area contributed by atoms with Crippen molar-refractivity contribution in [3.63, 3.8) is 0 Å². The van der Waals surface area contributed by atoms with Crippen molar-refractivity contribution in [1.29, 1.82) is 0 Å². The molecule has 0 unspecified atom stereocenters. The topological polar surface area (TPSA) is 34.2 Å². The molecule has 0 aliphatic rings. The lowest BCUT2D eigenvalue weighted by atomic mass is 10.3. The number of nitrogens with zero attached hydrogens (tertiary/aromatic N) is 1. The maximum Gasteiger partial charge on any atom is 0.165 e. The van der Waals surface area contributed by atoms with Gasteiger partial charge in [0.15, 0.2) is 11.6 Å². The van der Waals surface area contributed by atoms with Gasteiger partial charge in [-0.3, -0.25) is 0 Å². The zero-order chi connectivity index (χ0) is 14.2. The van der Waals surface area contributed by atoms with Crippen LogP contribution in [0, 0.1) is 5.82 Å².